The molecule has 0 aromatic rings. The number of hydrogen-bond acceptors (Lipinski definition) is 2. The van der Waals surface area contributed by atoms with Crippen molar-refractivity contribution in [1.29, 1.82) is 0 Å². The fourth-order valence-corrected chi connectivity index (χ4v) is 3.66. The molecule has 66 valence electrons. The van der Waals surface area contributed by atoms with Crippen LogP contribution in [0.5, 0.6) is 0 Å². The highest BCUT2D eigenvalue weighted by Gasteiger charge is 2.16. The van der Waals surface area contributed by atoms with E-state index in [0.717, 1.165) is 17.3 Å². The minimum atomic E-state index is -0.339. The van der Waals surface area contributed by atoms with Crippen molar-refractivity contribution in [3.8, 4) is 0 Å². The standard InChI is InChI=1S/C6H20BNOSi2/c1-4-7(5-2)8(6-3)11-9-10/h4-6,11H2,1-3,10H3. The summed E-state index contributed by atoms with van der Waals surface area (Å²) < 4.78 is 7.92. The van der Waals surface area contributed by atoms with Crippen molar-refractivity contribution in [3.63, 3.8) is 0 Å². The van der Waals surface area contributed by atoms with Crippen LogP contribution in [0.3, 0.4) is 0 Å². The molecule has 0 amide bonds. The molecule has 0 aliphatic rings. The molecule has 0 aliphatic carbocycles. The molecule has 5 heteroatoms. The van der Waals surface area contributed by atoms with Gasteiger partial charge in [0.1, 0.15) is 10.5 Å². The molecule has 0 rings (SSSR count). The van der Waals surface area contributed by atoms with Crippen LogP contribution in [0.4, 0.5) is 0 Å². The molecular weight excluding hydrogens is 169 g/mol. The van der Waals surface area contributed by atoms with Gasteiger partial charge in [0.05, 0.1) is 0 Å². The molecule has 0 spiro atoms. The van der Waals surface area contributed by atoms with Gasteiger partial charge in [-0.25, -0.2) is 0 Å². The van der Waals surface area contributed by atoms with Crippen LogP contribution in [0.15, 0.2) is 0 Å². The van der Waals surface area contributed by atoms with Crippen LogP contribution >= 0.6 is 0 Å². The van der Waals surface area contributed by atoms with Crippen molar-refractivity contribution in [3.05, 3.63) is 0 Å². The smallest absolute Gasteiger partial charge is 0.216 e. The van der Waals surface area contributed by atoms with Crippen molar-refractivity contribution in [2.75, 3.05) is 6.54 Å². The first kappa shape index (κ1) is 11.4. The zero-order valence-corrected chi connectivity index (χ0v) is 11.7. The number of rotatable bonds is 6. The maximum atomic E-state index is 5.38. The zero-order valence-electron chi connectivity index (χ0n) is 8.26. The molecule has 11 heavy (non-hydrogen) atoms. The molecule has 0 atom stereocenters. The SMILES string of the molecule is CCB(CC)N(CC)[SiH2]O[SiH3]. The summed E-state index contributed by atoms with van der Waals surface area (Å²) in [6.07, 6.45) is 2.53. The van der Waals surface area contributed by atoms with E-state index >= 15 is 0 Å². The van der Waals surface area contributed by atoms with Crippen molar-refractivity contribution in [1.82, 2.24) is 4.48 Å². The van der Waals surface area contributed by atoms with E-state index in [9.17, 15) is 0 Å². The van der Waals surface area contributed by atoms with Crippen molar-refractivity contribution < 1.29 is 4.12 Å². The summed E-state index contributed by atoms with van der Waals surface area (Å²) in [4.78, 5) is 0. The third-order valence-corrected chi connectivity index (χ3v) is 4.49. The molecule has 0 heterocycles. The Kier molecular flexibility index (Phi) is 7.36. The van der Waals surface area contributed by atoms with E-state index in [2.05, 4.69) is 25.2 Å². The van der Waals surface area contributed by atoms with Gasteiger partial charge < -0.3 is 8.59 Å². The summed E-state index contributed by atoms with van der Waals surface area (Å²) in [5.74, 6) is 0. The normalized spacial score (nSPS) is 12.0. The van der Waals surface area contributed by atoms with Crippen LogP contribution in [-0.4, -0.2) is 38.3 Å². The van der Waals surface area contributed by atoms with E-state index in [-0.39, 0.29) is 9.92 Å². The van der Waals surface area contributed by atoms with Gasteiger partial charge in [0, 0.05) is 0 Å². The summed E-state index contributed by atoms with van der Waals surface area (Å²) >= 11 is 0. The highest BCUT2D eigenvalue weighted by atomic mass is 28.3. The Morgan fingerprint density at radius 2 is 1.91 bits per heavy atom. The molecule has 0 unspecified atom stereocenters. The molecule has 0 radical (unpaired) electrons. The average molecular weight is 189 g/mol. The first-order valence-electron chi connectivity index (χ1n) is 4.53. The first-order chi connectivity index (χ1) is 5.29. The first-order valence-corrected chi connectivity index (χ1v) is 6.55. The van der Waals surface area contributed by atoms with Gasteiger partial charge in [0.25, 0.3) is 0 Å². The van der Waals surface area contributed by atoms with Gasteiger partial charge in [-0.2, -0.15) is 0 Å². The predicted octanol–water partition coefficient (Wildman–Crippen LogP) is -0.365. The summed E-state index contributed by atoms with van der Waals surface area (Å²) in [7, 11) is 0.574. The number of hydrogen-bond donors (Lipinski definition) is 0. The topological polar surface area (TPSA) is 12.5 Å². The third kappa shape index (κ3) is 4.10. The number of nitrogens with zero attached hydrogens (tertiary/aromatic N) is 1. The third-order valence-electron chi connectivity index (χ3n) is 2.16. The fourth-order valence-electron chi connectivity index (χ4n) is 1.43. The van der Waals surface area contributed by atoms with Crippen LogP contribution in [0.25, 0.3) is 0 Å². The largest absolute Gasteiger partial charge is 0.458 e. The van der Waals surface area contributed by atoms with Crippen LogP contribution in [0, 0.1) is 0 Å². The summed E-state index contributed by atoms with van der Waals surface area (Å²) in [5, 5.41) is 0. The Hall–Kier alpha value is 0.419. The Balaban J connectivity index is 3.76. The Bertz CT molecular complexity index is 92.7. The van der Waals surface area contributed by atoms with Crippen LogP contribution in [-0.2, 0) is 4.12 Å². The quantitative estimate of drug-likeness (QED) is 0.529. The second kappa shape index (κ2) is 7.09. The molecule has 0 saturated heterocycles. The molecule has 0 fully saturated rings. The molecular formula is C6H20BNOSi2. The molecule has 0 bridgehead atoms. The van der Waals surface area contributed by atoms with Crippen molar-refractivity contribution in [2.45, 2.75) is 33.4 Å². The van der Waals surface area contributed by atoms with Gasteiger partial charge in [0.2, 0.25) is 16.8 Å². The predicted molar refractivity (Wildman–Crippen MR) is 58.7 cm³/mol. The fraction of sp³-hybridized carbons (Fsp3) is 1.00. The van der Waals surface area contributed by atoms with Gasteiger partial charge >= 0.3 is 0 Å². The van der Waals surface area contributed by atoms with Gasteiger partial charge in [-0.1, -0.05) is 33.4 Å². The minimum Gasteiger partial charge on any atom is -0.458 e. The Labute approximate surface area is 76.4 Å². The lowest BCUT2D eigenvalue weighted by molar-refractivity contribution is 0.553. The summed E-state index contributed by atoms with van der Waals surface area (Å²) in [6, 6.07) is 0. The second-order valence-electron chi connectivity index (χ2n) is 2.79. The highest BCUT2D eigenvalue weighted by Crippen LogP contribution is 2.03. The summed E-state index contributed by atoms with van der Waals surface area (Å²) in [5.41, 5.74) is 0. The maximum absolute atomic E-state index is 5.38. The van der Waals surface area contributed by atoms with E-state index in [1.54, 1.807) is 0 Å². The van der Waals surface area contributed by atoms with Crippen molar-refractivity contribution in [2.24, 2.45) is 0 Å². The summed E-state index contributed by atoms with van der Waals surface area (Å²) in [6.45, 7) is 8.70. The van der Waals surface area contributed by atoms with E-state index in [1.807, 2.05) is 0 Å². The van der Waals surface area contributed by atoms with Gasteiger partial charge in [-0.15, -0.1) is 0 Å². The average Bonchev–Trinajstić information content (AvgIpc) is 2.05. The molecule has 0 aliphatic heterocycles. The van der Waals surface area contributed by atoms with Gasteiger partial charge in [-0.3, -0.25) is 0 Å². The van der Waals surface area contributed by atoms with Gasteiger partial charge in [-0.05, 0) is 6.54 Å². The van der Waals surface area contributed by atoms with E-state index in [1.165, 1.54) is 19.2 Å². The van der Waals surface area contributed by atoms with Gasteiger partial charge in [0.15, 0.2) is 0 Å². The molecule has 0 aromatic heterocycles. The Morgan fingerprint density at radius 3 is 2.18 bits per heavy atom. The van der Waals surface area contributed by atoms with E-state index in [0.29, 0.717) is 0 Å². The monoisotopic (exact) mass is 189 g/mol. The molecule has 2 nitrogen and oxygen atoms in total. The molecule has 0 N–H and O–H groups in total. The molecule has 0 saturated carbocycles. The lowest BCUT2D eigenvalue weighted by Crippen LogP contribution is -2.41. The maximum Gasteiger partial charge on any atom is 0.216 e. The van der Waals surface area contributed by atoms with Crippen LogP contribution in [0.1, 0.15) is 20.8 Å². The lowest BCUT2D eigenvalue weighted by atomic mass is 9.57. The molecule has 0 aromatic carbocycles. The van der Waals surface area contributed by atoms with E-state index in [4.69, 9.17) is 4.12 Å². The lowest BCUT2D eigenvalue weighted by Gasteiger charge is -2.25. The minimum absolute atomic E-state index is 0.339. The van der Waals surface area contributed by atoms with Crippen LogP contribution in [0.2, 0.25) is 12.6 Å². The highest BCUT2D eigenvalue weighted by molar-refractivity contribution is 6.63. The zero-order chi connectivity index (χ0) is 8.69. The second-order valence-corrected chi connectivity index (χ2v) is 6.17. The van der Waals surface area contributed by atoms with E-state index < -0.39 is 0 Å². The van der Waals surface area contributed by atoms with Crippen LogP contribution < -0.4 is 0 Å². The van der Waals surface area contributed by atoms with Crippen molar-refractivity contribution >= 4 is 27.3 Å². The Morgan fingerprint density at radius 1 is 1.36 bits per heavy atom.